The second kappa shape index (κ2) is 4.48. The minimum absolute atomic E-state index is 0.601. The van der Waals surface area contributed by atoms with Gasteiger partial charge in [-0.3, -0.25) is 4.90 Å². The molecule has 1 N–H and O–H groups in total. The van der Waals surface area contributed by atoms with E-state index >= 15 is 0 Å². The summed E-state index contributed by atoms with van der Waals surface area (Å²) < 4.78 is 0. The highest BCUT2D eigenvalue weighted by Crippen LogP contribution is 2.07. The van der Waals surface area contributed by atoms with Gasteiger partial charge in [0, 0.05) is 50.2 Å². The number of hydrogen-bond acceptors (Lipinski definition) is 4. The Balaban J connectivity index is 1.96. The first-order chi connectivity index (χ1) is 6.86. The molecule has 2 rings (SSSR count). The smallest absolute Gasteiger partial charge is 0.115 e. The molecule has 0 spiro atoms. The van der Waals surface area contributed by atoms with Crippen LogP contribution in [0.1, 0.15) is 12.5 Å². The normalized spacial score (nSPS) is 23.6. The van der Waals surface area contributed by atoms with Crippen LogP contribution >= 0.6 is 0 Å². The predicted molar refractivity (Wildman–Crippen MR) is 54.8 cm³/mol. The third-order valence-corrected chi connectivity index (χ3v) is 2.64. The van der Waals surface area contributed by atoms with Crippen LogP contribution in [0.15, 0.2) is 18.7 Å². The fraction of sp³-hybridized carbons (Fsp3) is 0.600. The summed E-state index contributed by atoms with van der Waals surface area (Å²) in [6.45, 7) is 6.47. The molecule has 76 valence electrons. The predicted octanol–water partition coefficient (Wildman–Crippen LogP) is 0.270. The number of rotatable bonds is 2. The van der Waals surface area contributed by atoms with E-state index in [1.807, 2.05) is 12.4 Å². The molecule has 1 aliphatic rings. The van der Waals surface area contributed by atoms with Gasteiger partial charge >= 0.3 is 0 Å². The van der Waals surface area contributed by atoms with E-state index in [0.717, 1.165) is 26.2 Å². The van der Waals surface area contributed by atoms with Gasteiger partial charge in [0.1, 0.15) is 6.33 Å². The van der Waals surface area contributed by atoms with Crippen molar-refractivity contribution < 1.29 is 0 Å². The van der Waals surface area contributed by atoms with Crippen molar-refractivity contribution in [3.8, 4) is 0 Å². The Morgan fingerprint density at radius 3 is 3.00 bits per heavy atom. The molecule has 0 bridgehead atoms. The first-order valence-corrected chi connectivity index (χ1v) is 5.05. The monoisotopic (exact) mass is 192 g/mol. The first kappa shape index (κ1) is 9.55. The second-order valence-corrected chi connectivity index (χ2v) is 3.77. The molecule has 0 amide bonds. The van der Waals surface area contributed by atoms with Gasteiger partial charge in [0.05, 0.1) is 0 Å². The molecule has 1 fully saturated rings. The average molecular weight is 192 g/mol. The van der Waals surface area contributed by atoms with Crippen molar-refractivity contribution in [3.05, 3.63) is 24.3 Å². The third kappa shape index (κ3) is 2.27. The van der Waals surface area contributed by atoms with Crippen LogP contribution in [0, 0.1) is 0 Å². The zero-order valence-electron chi connectivity index (χ0n) is 8.48. The van der Waals surface area contributed by atoms with E-state index in [4.69, 9.17) is 0 Å². The van der Waals surface area contributed by atoms with Crippen LogP contribution in [0.5, 0.6) is 0 Å². The summed E-state index contributed by atoms with van der Waals surface area (Å²) in [6, 6.07) is 0.601. The van der Waals surface area contributed by atoms with Gasteiger partial charge in [0.25, 0.3) is 0 Å². The Morgan fingerprint density at radius 1 is 1.50 bits per heavy atom. The van der Waals surface area contributed by atoms with Crippen molar-refractivity contribution in [1.29, 1.82) is 0 Å². The zero-order chi connectivity index (χ0) is 9.80. The molecule has 14 heavy (non-hydrogen) atoms. The third-order valence-electron chi connectivity index (χ3n) is 2.64. The number of piperazine rings is 1. The minimum atomic E-state index is 0.601. The maximum Gasteiger partial charge on any atom is 0.115 e. The highest BCUT2D eigenvalue weighted by molar-refractivity contribution is 5.02. The highest BCUT2D eigenvalue weighted by atomic mass is 15.2. The Hall–Kier alpha value is -1.00. The molecule has 1 aromatic heterocycles. The van der Waals surface area contributed by atoms with Crippen molar-refractivity contribution >= 4 is 0 Å². The van der Waals surface area contributed by atoms with E-state index in [-0.39, 0.29) is 0 Å². The van der Waals surface area contributed by atoms with E-state index < -0.39 is 0 Å². The Morgan fingerprint density at radius 2 is 2.29 bits per heavy atom. The van der Waals surface area contributed by atoms with E-state index in [2.05, 4.69) is 27.1 Å². The van der Waals surface area contributed by atoms with Crippen molar-refractivity contribution in [2.45, 2.75) is 19.5 Å². The van der Waals surface area contributed by atoms with E-state index in [0.29, 0.717) is 6.04 Å². The average Bonchev–Trinajstić information content (AvgIpc) is 2.23. The maximum absolute atomic E-state index is 4.02. The lowest BCUT2D eigenvalue weighted by Crippen LogP contribution is -2.49. The summed E-state index contributed by atoms with van der Waals surface area (Å²) in [7, 11) is 0. The van der Waals surface area contributed by atoms with Gasteiger partial charge < -0.3 is 5.32 Å². The summed E-state index contributed by atoms with van der Waals surface area (Å²) in [5.74, 6) is 0. The van der Waals surface area contributed by atoms with Crippen LogP contribution in [0.4, 0.5) is 0 Å². The lowest BCUT2D eigenvalue weighted by molar-refractivity contribution is 0.165. The molecule has 2 heterocycles. The molecule has 1 aromatic rings. The fourth-order valence-corrected chi connectivity index (χ4v) is 1.76. The minimum Gasteiger partial charge on any atom is -0.314 e. The fourth-order valence-electron chi connectivity index (χ4n) is 1.76. The molecule has 0 saturated carbocycles. The van der Waals surface area contributed by atoms with Crippen molar-refractivity contribution in [3.63, 3.8) is 0 Å². The van der Waals surface area contributed by atoms with E-state index in [1.54, 1.807) is 6.33 Å². The van der Waals surface area contributed by atoms with Gasteiger partial charge in [0.15, 0.2) is 0 Å². The number of nitrogens with one attached hydrogen (secondary N) is 1. The number of hydrogen-bond donors (Lipinski definition) is 1. The van der Waals surface area contributed by atoms with Crippen molar-refractivity contribution in [2.24, 2.45) is 0 Å². The summed E-state index contributed by atoms with van der Waals surface area (Å²) >= 11 is 0. The molecule has 4 heteroatoms. The van der Waals surface area contributed by atoms with E-state index in [9.17, 15) is 0 Å². The quantitative estimate of drug-likeness (QED) is 0.730. The lowest BCUT2D eigenvalue weighted by Gasteiger charge is -2.33. The van der Waals surface area contributed by atoms with Gasteiger partial charge in [-0.15, -0.1) is 0 Å². The largest absolute Gasteiger partial charge is 0.314 e. The standard InChI is InChI=1S/C10H16N4/c1-9-4-11-2-3-14(9)7-10-5-12-8-13-6-10/h5-6,8-9,11H,2-4,7H2,1H3/t9-/m0/s1. The molecule has 4 nitrogen and oxygen atoms in total. The van der Waals surface area contributed by atoms with Crippen LogP contribution in [-0.2, 0) is 6.54 Å². The molecular formula is C10H16N4. The molecule has 0 aromatic carbocycles. The van der Waals surface area contributed by atoms with Gasteiger partial charge in [-0.05, 0) is 6.92 Å². The summed E-state index contributed by atoms with van der Waals surface area (Å²) in [5, 5.41) is 3.38. The van der Waals surface area contributed by atoms with Crippen LogP contribution in [0.2, 0.25) is 0 Å². The van der Waals surface area contributed by atoms with Crippen molar-refractivity contribution in [1.82, 2.24) is 20.2 Å². The lowest BCUT2D eigenvalue weighted by atomic mass is 10.2. The Kier molecular flexibility index (Phi) is 3.06. The van der Waals surface area contributed by atoms with E-state index in [1.165, 1.54) is 5.56 Å². The maximum atomic E-state index is 4.02. The molecular weight excluding hydrogens is 176 g/mol. The van der Waals surface area contributed by atoms with Gasteiger partial charge in [-0.1, -0.05) is 0 Å². The summed E-state index contributed by atoms with van der Waals surface area (Å²) in [5.41, 5.74) is 1.20. The molecule has 1 aliphatic heterocycles. The molecule has 1 saturated heterocycles. The van der Waals surface area contributed by atoms with Gasteiger partial charge in [-0.2, -0.15) is 0 Å². The van der Waals surface area contributed by atoms with Gasteiger partial charge in [-0.25, -0.2) is 9.97 Å². The highest BCUT2D eigenvalue weighted by Gasteiger charge is 2.17. The van der Waals surface area contributed by atoms with Crippen LogP contribution in [0.25, 0.3) is 0 Å². The van der Waals surface area contributed by atoms with Crippen LogP contribution in [0.3, 0.4) is 0 Å². The van der Waals surface area contributed by atoms with Crippen LogP contribution < -0.4 is 5.32 Å². The van der Waals surface area contributed by atoms with Crippen LogP contribution in [-0.4, -0.2) is 40.5 Å². The number of nitrogens with zero attached hydrogens (tertiary/aromatic N) is 3. The summed E-state index contributed by atoms with van der Waals surface area (Å²) in [4.78, 5) is 10.5. The first-order valence-electron chi connectivity index (χ1n) is 5.05. The second-order valence-electron chi connectivity index (χ2n) is 3.77. The SMILES string of the molecule is C[C@H]1CNCCN1Cc1cncnc1. The molecule has 1 atom stereocenters. The Bertz CT molecular complexity index is 275. The van der Waals surface area contributed by atoms with Crippen molar-refractivity contribution in [2.75, 3.05) is 19.6 Å². The molecule has 0 aliphatic carbocycles. The zero-order valence-corrected chi connectivity index (χ0v) is 8.48. The van der Waals surface area contributed by atoms with Gasteiger partial charge in [0.2, 0.25) is 0 Å². The Labute approximate surface area is 84.4 Å². The molecule has 0 unspecified atom stereocenters. The number of aromatic nitrogens is 2. The topological polar surface area (TPSA) is 41.0 Å². The summed E-state index contributed by atoms with van der Waals surface area (Å²) in [6.07, 6.45) is 5.36. The molecule has 0 radical (unpaired) electrons.